The lowest BCUT2D eigenvalue weighted by Crippen LogP contribution is -2.46. The standard InChI is InChI=1S/C18H28N2O4S/c1-4-14(2)15-5-7-17(8-6-15)25(23,24)20-11-9-16(10-12-20)19(3)13-18(21)22/h5-8,14,16H,4,9-13H2,1-3H3,(H,21,22). The van der Waals surface area contributed by atoms with E-state index >= 15 is 0 Å². The Kier molecular flexibility index (Phi) is 6.59. The average molecular weight is 368 g/mol. The Morgan fingerprint density at radius 1 is 1.28 bits per heavy atom. The van der Waals surface area contributed by atoms with Gasteiger partial charge < -0.3 is 5.11 Å². The summed E-state index contributed by atoms with van der Waals surface area (Å²) in [6.07, 6.45) is 2.31. The van der Waals surface area contributed by atoms with E-state index in [4.69, 9.17) is 5.11 Å². The van der Waals surface area contributed by atoms with Gasteiger partial charge in [-0.3, -0.25) is 9.69 Å². The summed E-state index contributed by atoms with van der Waals surface area (Å²) in [5, 5.41) is 8.88. The lowest BCUT2D eigenvalue weighted by molar-refractivity contribution is -0.138. The van der Waals surface area contributed by atoms with Crippen molar-refractivity contribution in [1.29, 1.82) is 0 Å². The molecule has 2 rings (SSSR count). The van der Waals surface area contributed by atoms with Crippen LogP contribution in [0.4, 0.5) is 0 Å². The molecule has 0 radical (unpaired) electrons. The van der Waals surface area contributed by atoms with Gasteiger partial charge in [0.2, 0.25) is 10.0 Å². The summed E-state index contributed by atoms with van der Waals surface area (Å²) in [5.41, 5.74) is 1.15. The Morgan fingerprint density at radius 2 is 1.84 bits per heavy atom. The first-order valence-corrected chi connectivity index (χ1v) is 10.2. The molecule has 1 heterocycles. The monoisotopic (exact) mass is 368 g/mol. The topological polar surface area (TPSA) is 77.9 Å². The van der Waals surface area contributed by atoms with Gasteiger partial charge in [0.1, 0.15) is 0 Å². The third kappa shape index (κ3) is 4.80. The van der Waals surface area contributed by atoms with Crippen molar-refractivity contribution in [2.24, 2.45) is 0 Å². The second kappa shape index (κ2) is 8.29. The van der Waals surface area contributed by atoms with Crippen molar-refractivity contribution in [3.8, 4) is 0 Å². The van der Waals surface area contributed by atoms with Gasteiger partial charge >= 0.3 is 5.97 Å². The highest BCUT2D eigenvalue weighted by atomic mass is 32.2. The van der Waals surface area contributed by atoms with Crippen LogP contribution in [0.15, 0.2) is 29.2 Å². The van der Waals surface area contributed by atoms with Crippen LogP contribution in [0, 0.1) is 0 Å². The largest absolute Gasteiger partial charge is 0.480 e. The van der Waals surface area contributed by atoms with Crippen molar-refractivity contribution in [2.75, 3.05) is 26.7 Å². The molecule has 1 saturated heterocycles. The van der Waals surface area contributed by atoms with Gasteiger partial charge in [0.05, 0.1) is 11.4 Å². The predicted octanol–water partition coefficient (Wildman–Crippen LogP) is 2.37. The van der Waals surface area contributed by atoms with Crippen molar-refractivity contribution < 1.29 is 18.3 Å². The number of hydrogen-bond donors (Lipinski definition) is 1. The number of likely N-dealkylation sites (N-methyl/N-ethyl adjacent to an activating group) is 1. The van der Waals surface area contributed by atoms with Crippen LogP contribution in [0.3, 0.4) is 0 Å². The van der Waals surface area contributed by atoms with E-state index in [1.165, 1.54) is 4.31 Å². The first kappa shape index (κ1) is 19.9. The highest BCUT2D eigenvalue weighted by molar-refractivity contribution is 7.89. The molecule has 7 heteroatoms. The Bertz CT molecular complexity index is 680. The number of aliphatic carboxylic acids is 1. The van der Waals surface area contributed by atoms with Gasteiger partial charge in [-0.25, -0.2) is 8.42 Å². The Labute approximate surface area is 150 Å². The maximum Gasteiger partial charge on any atom is 0.317 e. The fourth-order valence-corrected chi connectivity index (χ4v) is 4.69. The molecule has 1 aromatic carbocycles. The lowest BCUT2D eigenvalue weighted by atomic mass is 9.99. The molecule has 0 saturated carbocycles. The minimum absolute atomic E-state index is 0.0194. The van der Waals surface area contributed by atoms with Gasteiger partial charge in [0, 0.05) is 19.1 Å². The molecule has 1 atom stereocenters. The van der Waals surface area contributed by atoms with E-state index in [-0.39, 0.29) is 12.6 Å². The van der Waals surface area contributed by atoms with Crippen LogP contribution < -0.4 is 0 Å². The maximum absolute atomic E-state index is 12.8. The van der Waals surface area contributed by atoms with Crippen LogP contribution in [-0.2, 0) is 14.8 Å². The minimum atomic E-state index is -3.48. The Balaban J connectivity index is 2.03. The van der Waals surface area contributed by atoms with Gasteiger partial charge in [-0.15, -0.1) is 0 Å². The number of piperidine rings is 1. The zero-order valence-electron chi connectivity index (χ0n) is 15.2. The van der Waals surface area contributed by atoms with E-state index in [0.29, 0.717) is 36.7 Å². The van der Waals surface area contributed by atoms with Crippen LogP contribution >= 0.6 is 0 Å². The zero-order valence-corrected chi connectivity index (χ0v) is 16.0. The van der Waals surface area contributed by atoms with Gasteiger partial charge in [0.15, 0.2) is 0 Å². The molecule has 0 aliphatic carbocycles. The molecular formula is C18H28N2O4S. The third-order valence-electron chi connectivity index (χ3n) is 5.13. The highest BCUT2D eigenvalue weighted by Gasteiger charge is 2.31. The molecule has 1 unspecified atom stereocenters. The van der Waals surface area contributed by atoms with Crippen molar-refractivity contribution >= 4 is 16.0 Å². The summed E-state index contributed by atoms with van der Waals surface area (Å²) in [6, 6.07) is 7.29. The van der Waals surface area contributed by atoms with Crippen LogP contribution in [0.1, 0.15) is 44.6 Å². The van der Waals surface area contributed by atoms with E-state index < -0.39 is 16.0 Å². The summed E-state index contributed by atoms with van der Waals surface area (Å²) < 4.78 is 27.1. The number of sulfonamides is 1. The summed E-state index contributed by atoms with van der Waals surface area (Å²) in [7, 11) is -1.71. The summed E-state index contributed by atoms with van der Waals surface area (Å²) in [4.78, 5) is 12.9. The predicted molar refractivity (Wildman–Crippen MR) is 97.2 cm³/mol. The molecular weight excluding hydrogens is 340 g/mol. The number of carboxylic acid groups (broad SMARTS) is 1. The molecule has 25 heavy (non-hydrogen) atoms. The van der Waals surface area contributed by atoms with Crippen molar-refractivity contribution in [3.05, 3.63) is 29.8 Å². The Morgan fingerprint density at radius 3 is 2.32 bits per heavy atom. The number of hydrogen-bond acceptors (Lipinski definition) is 4. The molecule has 1 aromatic rings. The summed E-state index contributed by atoms with van der Waals surface area (Å²) in [5.74, 6) is -0.448. The third-order valence-corrected chi connectivity index (χ3v) is 7.04. The van der Waals surface area contributed by atoms with Gasteiger partial charge in [-0.2, -0.15) is 4.31 Å². The number of benzene rings is 1. The highest BCUT2D eigenvalue weighted by Crippen LogP contribution is 2.25. The average Bonchev–Trinajstić information content (AvgIpc) is 2.60. The lowest BCUT2D eigenvalue weighted by Gasteiger charge is -2.35. The number of carboxylic acids is 1. The first-order chi connectivity index (χ1) is 11.8. The van der Waals surface area contributed by atoms with Crippen LogP contribution in [0.25, 0.3) is 0 Å². The number of carbonyl (C=O) groups is 1. The smallest absolute Gasteiger partial charge is 0.317 e. The molecule has 0 spiro atoms. The fraction of sp³-hybridized carbons (Fsp3) is 0.611. The van der Waals surface area contributed by atoms with E-state index in [1.54, 1.807) is 24.1 Å². The van der Waals surface area contributed by atoms with E-state index in [1.807, 2.05) is 12.1 Å². The van der Waals surface area contributed by atoms with E-state index in [0.717, 1.165) is 12.0 Å². The molecule has 6 nitrogen and oxygen atoms in total. The second-order valence-corrected chi connectivity index (χ2v) is 8.76. The quantitative estimate of drug-likeness (QED) is 0.799. The molecule has 1 N–H and O–H groups in total. The molecule has 0 amide bonds. The van der Waals surface area contributed by atoms with Crippen molar-refractivity contribution in [3.63, 3.8) is 0 Å². The van der Waals surface area contributed by atoms with E-state index in [9.17, 15) is 13.2 Å². The molecule has 0 bridgehead atoms. The number of rotatable bonds is 7. The second-order valence-electron chi connectivity index (χ2n) is 6.82. The van der Waals surface area contributed by atoms with Crippen LogP contribution in [-0.4, -0.2) is 61.4 Å². The normalized spacial score (nSPS) is 18.4. The number of nitrogens with zero attached hydrogens (tertiary/aromatic N) is 2. The summed E-state index contributed by atoms with van der Waals surface area (Å²) in [6.45, 7) is 5.06. The minimum Gasteiger partial charge on any atom is -0.480 e. The molecule has 1 aliphatic rings. The van der Waals surface area contributed by atoms with Crippen LogP contribution in [0.5, 0.6) is 0 Å². The van der Waals surface area contributed by atoms with Gasteiger partial charge in [-0.1, -0.05) is 26.0 Å². The molecule has 0 aromatic heterocycles. The zero-order chi connectivity index (χ0) is 18.6. The van der Waals surface area contributed by atoms with Crippen molar-refractivity contribution in [2.45, 2.75) is 50.0 Å². The SMILES string of the molecule is CCC(C)c1ccc(S(=O)(=O)N2CCC(N(C)CC(=O)O)CC2)cc1. The van der Waals surface area contributed by atoms with Gasteiger partial charge in [0.25, 0.3) is 0 Å². The van der Waals surface area contributed by atoms with Crippen molar-refractivity contribution in [1.82, 2.24) is 9.21 Å². The first-order valence-electron chi connectivity index (χ1n) is 8.77. The van der Waals surface area contributed by atoms with E-state index in [2.05, 4.69) is 13.8 Å². The Hall–Kier alpha value is -1.44. The molecule has 1 aliphatic heterocycles. The van der Waals surface area contributed by atoms with Gasteiger partial charge in [-0.05, 0) is 49.9 Å². The molecule has 140 valence electrons. The summed E-state index contributed by atoms with van der Waals surface area (Å²) >= 11 is 0. The fourth-order valence-electron chi connectivity index (χ4n) is 3.22. The van der Waals surface area contributed by atoms with Crippen LogP contribution in [0.2, 0.25) is 0 Å². The maximum atomic E-state index is 12.8. The molecule has 1 fully saturated rings.